The van der Waals surface area contributed by atoms with Gasteiger partial charge in [0, 0.05) is 0 Å². The molecule has 0 aliphatic carbocycles. The average Bonchev–Trinajstić information content (AvgIpc) is 2.23. The van der Waals surface area contributed by atoms with Crippen LogP contribution in [-0.2, 0) is 18.4 Å². The zero-order chi connectivity index (χ0) is 15.9. The first-order valence-electron chi connectivity index (χ1n) is 7.25. The van der Waals surface area contributed by atoms with Crippen molar-refractivity contribution in [1.29, 1.82) is 0 Å². The summed E-state index contributed by atoms with van der Waals surface area (Å²) >= 11 is 0. The number of Topliss-reactive ketones (excluding diaryl/α,β-unsaturated/α-hetero) is 1. The number of rotatable bonds is 10. The van der Waals surface area contributed by atoms with E-state index in [1.54, 1.807) is 27.7 Å². The molecule has 0 aromatic heterocycles. The summed E-state index contributed by atoms with van der Waals surface area (Å²) in [7, 11) is -3.40. The topological polar surface area (TPSA) is 72.8 Å². The third-order valence-electron chi connectivity index (χ3n) is 2.73. The minimum atomic E-state index is -3.40. The van der Waals surface area contributed by atoms with Crippen LogP contribution in [0.2, 0.25) is 0 Å². The molecule has 0 saturated carbocycles. The van der Waals surface area contributed by atoms with Gasteiger partial charge in [-0.3, -0.25) is 9.36 Å². The molecule has 1 N–H and O–H groups in total. The van der Waals surface area contributed by atoms with Crippen LogP contribution in [0.15, 0.2) is 0 Å². The molecule has 0 radical (unpaired) electrons. The Morgan fingerprint density at radius 3 is 1.90 bits per heavy atom. The molecule has 0 fully saturated rings. The Labute approximate surface area is 122 Å². The third kappa shape index (κ3) is 7.53. The fourth-order valence-electron chi connectivity index (χ4n) is 2.01. The van der Waals surface area contributed by atoms with Gasteiger partial charge in [0.15, 0.2) is 0 Å². The van der Waals surface area contributed by atoms with Gasteiger partial charge >= 0.3 is 7.60 Å². The average molecular weight is 308 g/mol. The predicted octanol–water partition coefficient (Wildman–Crippen LogP) is 3.40. The molecule has 0 rings (SSSR count). The van der Waals surface area contributed by atoms with Gasteiger partial charge in [0.1, 0.15) is 5.78 Å². The number of carbonyl (C=O) groups excluding carboxylic acids is 1. The van der Waals surface area contributed by atoms with Crippen LogP contribution < -0.4 is 0 Å². The zero-order valence-electron chi connectivity index (χ0n) is 13.5. The summed E-state index contributed by atoms with van der Waals surface area (Å²) in [4.78, 5) is 11.7. The molecule has 20 heavy (non-hydrogen) atoms. The van der Waals surface area contributed by atoms with E-state index in [0.717, 1.165) is 6.42 Å². The first-order chi connectivity index (χ1) is 9.11. The third-order valence-corrected chi connectivity index (χ3v) is 5.06. The summed E-state index contributed by atoms with van der Waals surface area (Å²) in [5, 5.41) is 10.1. The van der Waals surface area contributed by atoms with E-state index < -0.39 is 19.6 Å². The Morgan fingerprint density at radius 2 is 1.60 bits per heavy atom. The Balaban J connectivity index is 5.07. The molecule has 0 unspecified atom stereocenters. The highest BCUT2D eigenvalue weighted by atomic mass is 31.2. The van der Waals surface area contributed by atoms with Gasteiger partial charge in [0.2, 0.25) is 0 Å². The van der Waals surface area contributed by atoms with Crippen molar-refractivity contribution in [2.45, 2.75) is 72.7 Å². The second-order valence-electron chi connectivity index (χ2n) is 5.67. The fraction of sp³-hybridized carbons (Fsp3) is 0.929. The van der Waals surface area contributed by atoms with Crippen molar-refractivity contribution in [2.75, 3.05) is 6.16 Å². The van der Waals surface area contributed by atoms with Crippen LogP contribution in [0, 0.1) is 5.92 Å². The fourth-order valence-corrected chi connectivity index (χ4v) is 4.50. The summed E-state index contributed by atoms with van der Waals surface area (Å²) < 4.78 is 23.6. The summed E-state index contributed by atoms with van der Waals surface area (Å²) in [6.07, 6.45) is -0.165. The molecule has 5 nitrogen and oxygen atoms in total. The van der Waals surface area contributed by atoms with Gasteiger partial charge in [0.05, 0.1) is 30.4 Å². The minimum absolute atomic E-state index is 0.0696. The van der Waals surface area contributed by atoms with Crippen molar-refractivity contribution >= 4 is 13.4 Å². The highest BCUT2D eigenvalue weighted by Crippen LogP contribution is 2.52. The Hall–Kier alpha value is -0.220. The summed E-state index contributed by atoms with van der Waals surface area (Å²) in [5.41, 5.74) is 0. The molecule has 0 spiro atoms. The highest BCUT2D eigenvalue weighted by molar-refractivity contribution is 7.53. The lowest BCUT2D eigenvalue weighted by molar-refractivity contribution is -0.123. The van der Waals surface area contributed by atoms with Crippen LogP contribution in [0.5, 0.6) is 0 Å². The molecule has 0 aliphatic rings. The maximum atomic E-state index is 12.7. The minimum Gasteiger partial charge on any atom is -0.392 e. The standard InChI is InChI=1S/C14H29O5P/c1-7-8-14(16)13(12(6)15)9-20(17,18-10(2)3)19-11(4)5/h10-11,13-14,16H,7-9H2,1-6H3/t13-,14-/m0/s1. The number of aliphatic hydroxyl groups is 1. The van der Waals surface area contributed by atoms with Gasteiger partial charge in [-0.15, -0.1) is 0 Å². The summed E-state index contributed by atoms with van der Waals surface area (Å²) in [6, 6.07) is 0. The van der Waals surface area contributed by atoms with Crippen molar-refractivity contribution < 1.29 is 23.5 Å². The second-order valence-corrected chi connectivity index (χ2v) is 7.68. The quantitative estimate of drug-likeness (QED) is 0.626. The lowest BCUT2D eigenvalue weighted by Crippen LogP contribution is -2.31. The number of ketones is 1. The van der Waals surface area contributed by atoms with Gasteiger partial charge in [-0.25, -0.2) is 0 Å². The number of aliphatic hydroxyl groups excluding tert-OH is 1. The molecule has 0 aromatic rings. The van der Waals surface area contributed by atoms with Gasteiger partial charge in [0.25, 0.3) is 0 Å². The van der Waals surface area contributed by atoms with Crippen LogP contribution in [0.1, 0.15) is 54.4 Å². The van der Waals surface area contributed by atoms with Gasteiger partial charge in [-0.1, -0.05) is 13.3 Å². The first-order valence-corrected chi connectivity index (χ1v) is 8.98. The second kappa shape index (κ2) is 8.93. The lowest BCUT2D eigenvalue weighted by Gasteiger charge is -2.27. The van der Waals surface area contributed by atoms with Gasteiger partial charge in [-0.05, 0) is 41.0 Å². The Bertz CT molecular complexity index is 326. The molecule has 0 amide bonds. The van der Waals surface area contributed by atoms with E-state index in [0.29, 0.717) is 6.42 Å². The predicted molar refractivity (Wildman–Crippen MR) is 80.0 cm³/mol. The number of hydrogen-bond donors (Lipinski definition) is 1. The van der Waals surface area contributed by atoms with E-state index >= 15 is 0 Å². The molecule has 6 heteroatoms. The van der Waals surface area contributed by atoms with E-state index in [2.05, 4.69) is 0 Å². The van der Waals surface area contributed by atoms with Crippen molar-refractivity contribution in [3.05, 3.63) is 0 Å². The molecule has 120 valence electrons. The van der Waals surface area contributed by atoms with Gasteiger partial charge in [-0.2, -0.15) is 0 Å². The van der Waals surface area contributed by atoms with Crippen LogP contribution in [0.3, 0.4) is 0 Å². The molecular weight excluding hydrogens is 279 g/mol. The van der Waals surface area contributed by atoms with Crippen molar-refractivity contribution in [3.8, 4) is 0 Å². The monoisotopic (exact) mass is 308 g/mol. The lowest BCUT2D eigenvalue weighted by atomic mass is 9.97. The van der Waals surface area contributed by atoms with Crippen LogP contribution in [-0.4, -0.2) is 35.4 Å². The molecule has 0 saturated heterocycles. The molecule has 0 heterocycles. The van der Waals surface area contributed by atoms with Crippen molar-refractivity contribution in [2.24, 2.45) is 5.92 Å². The maximum Gasteiger partial charge on any atom is 0.331 e. The molecule has 0 bridgehead atoms. The van der Waals surface area contributed by atoms with E-state index in [1.807, 2.05) is 6.92 Å². The van der Waals surface area contributed by atoms with E-state index in [4.69, 9.17) is 9.05 Å². The Kier molecular flexibility index (Phi) is 8.83. The van der Waals surface area contributed by atoms with E-state index in [-0.39, 0.29) is 24.2 Å². The number of carbonyl (C=O) groups is 1. The molecular formula is C14H29O5P. The molecule has 0 aliphatic heterocycles. The van der Waals surface area contributed by atoms with E-state index in [9.17, 15) is 14.5 Å². The molecule has 2 atom stereocenters. The summed E-state index contributed by atoms with van der Waals surface area (Å²) in [5.74, 6) is -0.899. The van der Waals surface area contributed by atoms with Crippen LogP contribution >= 0.6 is 7.60 Å². The SMILES string of the molecule is CCC[C@H](O)[C@@H](CP(=O)(OC(C)C)OC(C)C)C(C)=O. The smallest absolute Gasteiger partial charge is 0.331 e. The maximum absolute atomic E-state index is 12.7. The van der Waals surface area contributed by atoms with Gasteiger partial charge < -0.3 is 14.2 Å². The Morgan fingerprint density at radius 1 is 1.15 bits per heavy atom. The first kappa shape index (κ1) is 19.8. The molecule has 0 aromatic carbocycles. The highest BCUT2D eigenvalue weighted by Gasteiger charge is 2.36. The van der Waals surface area contributed by atoms with Crippen LogP contribution in [0.25, 0.3) is 0 Å². The number of hydrogen-bond acceptors (Lipinski definition) is 5. The van der Waals surface area contributed by atoms with E-state index in [1.165, 1.54) is 6.92 Å². The summed E-state index contributed by atoms with van der Waals surface area (Å²) in [6.45, 7) is 10.4. The normalized spacial score (nSPS) is 15.7. The largest absolute Gasteiger partial charge is 0.392 e. The van der Waals surface area contributed by atoms with Crippen LogP contribution in [0.4, 0.5) is 0 Å². The van der Waals surface area contributed by atoms with Crippen molar-refractivity contribution in [3.63, 3.8) is 0 Å². The zero-order valence-corrected chi connectivity index (χ0v) is 14.4. The van der Waals surface area contributed by atoms with Crippen molar-refractivity contribution in [1.82, 2.24) is 0 Å².